The van der Waals surface area contributed by atoms with E-state index in [9.17, 15) is 18.0 Å². The van der Waals surface area contributed by atoms with Crippen molar-refractivity contribution in [2.45, 2.75) is 12.6 Å². The topological polar surface area (TPSA) is 39.2 Å². The minimum atomic E-state index is -4.39. The van der Waals surface area contributed by atoms with Crippen molar-refractivity contribution >= 4 is 28.8 Å². The maximum atomic E-state index is 12.7. The van der Waals surface area contributed by atoms with E-state index in [-0.39, 0.29) is 12.3 Å². The summed E-state index contributed by atoms with van der Waals surface area (Å²) in [5.41, 5.74) is 1.29. The van der Waals surface area contributed by atoms with Gasteiger partial charge in [-0.25, -0.2) is 4.98 Å². The molecule has 0 spiro atoms. The second-order valence-electron chi connectivity index (χ2n) is 5.64. The van der Waals surface area contributed by atoms with E-state index >= 15 is 0 Å². The first-order chi connectivity index (χ1) is 12.3. The molecule has 26 heavy (non-hydrogen) atoms. The molecule has 0 atom stereocenters. The molecule has 0 aliphatic rings. The van der Waals surface area contributed by atoms with Crippen LogP contribution in [-0.4, -0.2) is 18.4 Å². The highest BCUT2D eigenvalue weighted by molar-refractivity contribution is 6.37. The minimum absolute atomic E-state index is 0.219. The van der Waals surface area contributed by atoms with E-state index < -0.39 is 11.7 Å². The third kappa shape index (κ3) is 3.37. The summed E-state index contributed by atoms with van der Waals surface area (Å²) in [6.07, 6.45) is -3.49. The van der Waals surface area contributed by atoms with Crippen LogP contribution in [0.25, 0.3) is 10.9 Å². The van der Waals surface area contributed by atoms with Crippen LogP contribution in [-0.2, 0) is 12.6 Å². The molecule has 0 unspecified atom stereocenters. The number of ether oxygens (including phenoxy) is 1. The van der Waals surface area contributed by atoms with Crippen molar-refractivity contribution in [2.75, 3.05) is 7.11 Å². The Bertz CT molecular complexity index is 969. The molecule has 1 heterocycles. The van der Waals surface area contributed by atoms with Gasteiger partial charge < -0.3 is 4.74 Å². The Hall–Kier alpha value is -2.60. The van der Waals surface area contributed by atoms with Crippen molar-refractivity contribution in [3.05, 3.63) is 69.7 Å². The first kappa shape index (κ1) is 18.2. The van der Waals surface area contributed by atoms with Crippen LogP contribution in [0.4, 0.5) is 13.2 Å². The van der Waals surface area contributed by atoms with Crippen LogP contribution in [0.3, 0.4) is 0 Å². The van der Waals surface area contributed by atoms with Crippen LogP contribution in [0.2, 0.25) is 5.02 Å². The molecular formula is C19H13ClF3NO2. The Morgan fingerprint density at radius 3 is 2.42 bits per heavy atom. The molecule has 0 fully saturated rings. The number of nitrogens with zero attached hydrogens (tertiary/aromatic N) is 1. The first-order valence-corrected chi connectivity index (χ1v) is 7.99. The van der Waals surface area contributed by atoms with Gasteiger partial charge in [0.25, 0.3) is 0 Å². The standard InChI is InChI=1S/C19H13ClF3NO2/c1-26-18-14(9-11-5-7-13(8-6-11)19(21,22)23)17(20)16-12(10-25)3-2-4-15(16)24-18/h2-8,10H,9H2,1H3. The zero-order valence-electron chi connectivity index (χ0n) is 13.6. The molecule has 0 saturated carbocycles. The van der Waals surface area contributed by atoms with Gasteiger partial charge in [-0.15, -0.1) is 0 Å². The monoisotopic (exact) mass is 379 g/mol. The predicted molar refractivity (Wildman–Crippen MR) is 92.9 cm³/mol. The minimum Gasteiger partial charge on any atom is -0.481 e. The highest BCUT2D eigenvalue weighted by Crippen LogP contribution is 2.36. The number of carbonyl (C=O) groups is 1. The number of fused-ring (bicyclic) bond motifs is 1. The number of aldehydes is 1. The lowest BCUT2D eigenvalue weighted by molar-refractivity contribution is -0.137. The number of hydrogen-bond acceptors (Lipinski definition) is 3. The van der Waals surface area contributed by atoms with Crippen LogP contribution in [0.15, 0.2) is 42.5 Å². The molecule has 0 saturated heterocycles. The molecule has 2 aromatic carbocycles. The van der Waals surface area contributed by atoms with Crippen LogP contribution >= 0.6 is 11.6 Å². The van der Waals surface area contributed by atoms with E-state index in [1.807, 2.05) is 0 Å². The molecule has 0 amide bonds. The number of pyridine rings is 1. The van der Waals surface area contributed by atoms with Crippen molar-refractivity contribution in [1.82, 2.24) is 4.98 Å². The Morgan fingerprint density at radius 1 is 1.15 bits per heavy atom. The van der Waals surface area contributed by atoms with E-state index in [1.165, 1.54) is 19.2 Å². The highest BCUT2D eigenvalue weighted by Gasteiger charge is 2.30. The SMILES string of the molecule is COc1nc2cccc(C=O)c2c(Cl)c1Cc1ccc(C(F)(F)F)cc1. The van der Waals surface area contributed by atoms with Crippen molar-refractivity contribution in [3.8, 4) is 5.88 Å². The maximum Gasteiger partial charge on any atom is 0.416 e. The van der Waals surface area contributed by atoms with Gasteiger partial charge in [0.1, 0.15) is 0 Å². The zero-order chi connectivity index (χ0) is 18.9. The predicted octanol–water partition coefficient (Wildman–Crippen LogP) is 5.32. The number of alkyl halides is 3. The normalized spacial score (nSPS) is 11.6. The van der Waals surface area contributed by atoms with E-state index in [4.69, 9.17) is 16.3 Å². The van der Waals surface area contributed by atoms with Crippen LogP contribution in [0.1, 0.15) is 27.0 Å². The molecule has 1 aromatic heterocycles. The van der Waals surface area contributed by atoms with Crippen molar-refractivity contribution < 1.29 is 22.7 Å². The summed E-state index contributed by atoms with van der Waals surface area (Å²) < 4.78 is 43.4. The van der Waals surface area contributed by atoms with Crippen LogP contribution in [0.5, 0.6) is 5.88 Å². The number of rotatable bonds is 4. The maximum absolute atomic E-state index is 12.7. The van der Waals surface area contributed by atoms with Crippen LogP contribution in [0, 0.1) is 0 Å². The number of aromatic nitrogens is 1. The van der Waals surface area contributed by atoms with E-state index in [0.717, 1.165) is 12.1 Å². The van der Waals surface area contributed by atoms with Gasteiger partial charge in [-0.1, -0.05) is 35.9 Å². The number of carbonyl (C=O) groups excluding carboxylic acids is 1. The lowest BCUT2D eigenvalue weighted by atomic mass is 10.0. The van der Waals surface area contributed by atoms with Gasteiger partial charge in [-0.2, -0.15) is 13.2 Å². The fourth-order valence-corrected chi connectivity index (χ4v) is 3.10. The second kappa shape index (κ2) is 6.96. The Labute approximate surface area is 152 Å². The zero-order valence-corrected chi connectivity index (χ0v) is 14.4. The van der Waals surface area contributed by atoms with E-state index in [0.29, 0.717) is 38.9 Å². The number of hydrogen-bond donors (Lipinski definition) is 0. The summed E-state index contributed by atoms with van der Waals surface area (Å²) >= 11 is 6.50. The third-order valence-corrected chi connectivity index (χ3v) is 4.44. The van der Waals surface area contributed by atoms with E-state index in [2.05, 4.69) is 4.98 Å². The van der Waals surface area contributed by atoms with Gasteiger partial charge in [0, 0.05) is 22.9 Å². The largest absolute Gasteiger partial charge is 0.481 e. The third-order valence-electron chi connectivity index (χ3n) is 4.02. The molecule has 3 aromatic rings. The van der Waals surface area contributed by atoms with Crippen molar-refractivity contribution in [3.63, 3.8) is 0 Å². The van der Waals surface area contributed by atoms with E-state index in [1.54, 1.807) is 18.2 Å². The molecule has 134 valence electrons. The van der Waals surface area contributed by atoms with Gasteiger partial charge in [-0.3, -0.25) is 4.79 Å². The van der Waals surface area contributed by atoms with Crippen LogP contribution < -0.4 is 4.74 Å². The molecule has 0 aliphatic carbocycles. The second-order valence-corrected chi connectivity index (χ2v) is 6.02. The molecule has 3 rings (SSSR count). The van der Waals surface area contributed by atoms with Gasteiger partial charge in [0.2, 0.25) is 5.88 Å². The average Bonchev–Trinajstić information content (AvgIpc) is 2.62. The Balaban J connectivity index is 2.09. The first-order valence-electron chi connectivity index (χ1n) is 7.61. The van der Waals surface area contributed by atoms with Gasteiger partial charge in [0.05, 0.1) is 23.2 Å². The van der Waals surface area contributed by atoms with Crippen molar-refractivity contribution in [2.24, 2.45) is 0 Å². The summed E-state index contributed by atoms with van der Waals surface area (Å²) in [6, 6.07) is 9.81. The molecule has 0 radical (unpaired) electrons. The molecule has 3 nitrogen and oxygen atoms in total. The summed E-state index contributed by atoms with van der Waals surface area (Å²) in [5.74, 6) is 0.269. The van der Waals surface area contributed by atoms with Crippen molar-refractivity contribution in [1.29, 1.82) is 0 Å². The summed E-state index contributed by atoms with van der Waals surface area (Å²) in [6.45, 7) is 0. The Kier molecular flexibility index (Phi) is 4.87. The lowest BCUT2D eigenvalue weighted by Gasteiger charge is -2.14. The molecule has 7 heteroatoms. The Morgan fingerprint density at radius 2 is 1.85 bits per heavy atom. The molecule has 0 N–H and O–H groups in total. The van der Waals surface area contributed by atoms with Gasteiger partial charge >= 0.3 is 6.18 Å². The highest BCUT2D eigenvalue weighted by atomic mass is 35.5. The number of methoxy groups -OCH3 is 1. The smallest absolute Gasteiger partial charge is 0.416 e. The fraction of sp³-hybridized carbons (Fsp3) is 0.158. The fourth-order valence-electron chi connectivity index (χ4n) is 2.75. The van der Waals surface area contributed by atoms with Gasteiger partial charge in [0.15, 0.2) is 6.29 Å². The quantitative estimate of drug-likeness (QED) is 0.576. The molecule has 0 bridgehead atoms. The molecular weight excluding hydrogens is 367 g/mol. The summed E-state index contributed by atoms with van der Waals surface area (Å²) in [4.78, 5) is 15.7. The molecule has 0 aliphatic heterocycles. The number of halogens is 4. The summed E-state index contributed by atoms with van der Waals surface area (Å²) in [5, 5.41) is 0.793. The lowest BCUT2D eigenvalue weighted by Crippen LogP contribution is -2.05. The average molecular weight is 380 g/mol. The summed E-state index contributed by atoms with van der Waals surface area (Å²) in [7, 11) is 1.43. The van der Waals surface area contributed by atoms with Gasteiger partial charge in [-0.05, 0) is 23.8 Å². The number of benzene rings is 2.